The molecule has 0 amide bonds. The summed E-state index contributed by atoms with van der Waals surface area (Å²) in [5.41, 5.74) is 2.55. The highest BCUT2D eigenvalue weighted by Gasteiger charge is 2.23. The predicted octanol–water partition coefficient (Wildman–Crippen LogP) is 3.17. The van der Waals surface area contributed by atoms with Crippen molar-refractivity contribution in [2.24, 2.45) is 0 Å². The Morgan fingerprint density at radius 3 is 3.12 bits per heavy atom. The molecule has 0 saturated heterocycles. The molecule has 0 bridgehead atoms. The maximum Gasteiger partial charge on any atom is 0.0807 e. The van der Waals surface area contributed by atoms with E-state index in [0.717, 1.165) is 31.4 Å². The minimum atomic E-state index is -0.225. The van der Waals surface area contributed by atoms with Crippen LogP contribution in [-0.2, 0) is 6.42 Å². The highest BCUT2D eigenvalue weighted by atomic mass is 32.2. The Kier molecular flexibility index (Phi) is 3.98. The lowest BCUT2D eigenvalue weighted by molar-refractivity contribution is 0.155. The van der Waals surface area contributed by atoms with Gasteiger partial charge in [0.05, 0.1) is 6.10 Å². The Morgan fingerprint density at radius 1 is 1.62 bits per heavy atom. The highest BCUT2D eigenvalue weighted by Crippen LogP contribution is 2.33. The van der Waals surface area contributed by atoms with E-state index in [-0.39, 0.29) is 6.10 Å². The molecule has 0 aromatic carbocycles. The average Bonchev–Trinajstić information content (AvgIpc) is 2.71. The molecule has 0 radical (unpaired) electrons. The van der Waals surface area contributed by atoms with Crippen LogP contribution < -0.4 is 0 Å². The largest absolute Gasteiger partial charge is 0.388 e. The monoisotopic (exact) mass is 239 g/mol. The number of rotatable bonds is 4. The quantitative estimate of drug-likeness (QED) is 0.873. The van der Waals surface area contributed by atoms with Gasteiger partial charge in [0, 0.05) is 29.2 Å². The number of thioether (sulfide) groups is 1. The van der Waals surface area contributed by atoms with E-state index < -0.39 is 0 Å². The van der Waals surface area contributed by atoms with Crippen LogP contribution in [0.15, 0.2) is 12.3 Å². The molecular formula is C13H21NOS. The molecule has 0 aliphatic heterocycles. The molecule has 2 unspecified atom stereocenters. The van der Waals surface area contributed by atoms with Gasteiger partial charge in [-0.2, -0.15) is 11.8 Å². The van der Waals surface area contributed by atoms with E-state index in [4.69, 9.17) is 0 Å². The van der Waals surface area contributed by atoms with E-state index in [2.05, 4.69) is 30.0 Å². The normalized spacial score (nSPS) is 21.8. The number of nitrogens with zero attached hydrogens (tertiary/aromatic N) is 1. The van der Waals surface area contributed by atoms with Crippen LogP contribution in [0.5, 0.6) is 0 Å². The fourth-order valence-electron chi connectivity index (χ4n) is 2.62. The number of aromatic nitrogens is 1. The summed E-state index contributed by atoms with van der Waals surface area (Å²) in [5.74, 6) is 1.16. The predicted molar refractivity (Wildman–Crippen MR) is 70.0 cm³/mol. The highest BCUT2D eigenvalue weighted by molar-refractivity contribution is 7.98. The lowest BCUT2D eigenvalue weighted by atomic mass is 9.95. The van der Waals surface area contributed by atoms with Gasteiger partial charge in [0.1, 0.15) is 0 Å². The number of hydrogen-bond acceptors (Lipinski definition) is 2. The lowest BCUT2D eigenvalue weighted by Gasteiger charge is -2.24. The molecule has 1 aromatic heterocycles. The number of aliphatic hydroxyl groups excluding tert-OH is 1. The van der Waals surface area contributed by atoms with Gasteiger partial charge in [-0.05, 0) is 38.0 Å². The van der Waals surface area contributed by atoms with Crippen molar-refractivity contribution in [1.82, 2.24) is 4.57 Å². The molecule has 0 saturated carbocycles. The van der Waals surface area contributed by atoms with Crippen LogP contribution in [-0.4, -0.2) is 21.7 Å². The van der Waals surface area contributed by atoms with Crippen molar-refractivity contribution in [3.05, 3.63) is 23.5 Å². The summed E-state index contributed by atoms with van der Waals surface area (Å²) in [5, 5.41) is 9.94. The fourth-order valence-corrected chi connectivity index (χ4v) is 3.40. The van der Waals surface area contributed by atoms with E-state index in [1.54, 1.807) is 0 Å². The first kappa shape index (κ1) is 12.1. The Bertz CT molecular complexity index is 348. The fraction of sp³-hybridized carbons (Fsp3) is 0.692. The van der Waals surface area contributed by atoms with Crippen LogP contribution in [0.3, 0.4) is 0 Å². The van der Waals surface area contributed by atoms with Crippen LogP contribution >= 0.6 is 11.8 Å². The summed E-state index contributed by atoms with van der Waals surface area (Å²) in [6.45, 7) is 2.24. The second-order valence-corrected chi connectivity index (χ2v) is 5.46. The minimum Gasteiger partial charge on any atom is -0.388 e. The molecule has 1 N–H and O–H groups in total. The second kappa shape index (κ2) is 5.28. The van der Waals surface area contributed by atoms with Crippen molar-refractivity contribution >= 4 is 11.8 Å². The van der Waals surface area contributed by atoms with E-state index >= 15 is 0 Å². The van der Waals surface area contributed by atoms with Gasteiger partial charge >= 0.3 is 0 Å². The third-order valence-corrected chi connectivity index (χ3v) is 4.25. The van der Waals surface area contributed by atoms with Crippen molar-refractivity contribution in [2.45, 2.75) is 44.8 Å². The molecule has 0 spiro atoms. The van der Waals surface area contributed by atoms with Crippen LogP contribution in [0.4, 0.5) is 0 Å². The molecule has 90 valence electrons. The van der Waals surface area contributed by atoms with Crippen molar-refractivity contribution in [1.29, 1.82) is 0 Å². The Hall–Kier alpha value is -0.410. The molecule has 1 aromatic rings. The van der Waals surface area contributed by atoms with Gasteiger partial charge in [-0.25, -0.2) is 0 Å². The zero-order chi connectivity index (χ0) is 11.5. The molecule has 0 fully saturated rings. The van der Waals surface area contributed by atoms with Crippen molar-refractivity contribution in [3.8, 4) is 0 Å². The van der Waals surface area contributed by atoms with Crippen LogP contribution in [0.25, 0.3) is 0 Å². The van der Waals surface area contributed by atoms with E-state index in [1.165, 1.54) is 11.3 Å². The average molecular weight is 239 g/mol. The Labute approximate surface area is 102 Å². The molecule has 2 nitrogen and oxygen atoms in total. The van der Waals surface area contributed by atoms with E-state index in [9.17, 15) is 5.11 Å². The van der Waals surface area contributed by atoms with Crippen molar-refractivity contribution < 1.29 is 5.11 Å². The summed E-state index contributed by atoms with van der Waals surface area (Å²) < 4.78 is 2.40. The smallest absolute Gasteiger partial charge is 0.0807 e. The number of hydrogen-bond donors (Lipinski definition) is 1. The van der Waals surface area contributed by atoms with Gasteiger partial charge in [-0.3, -0.25) is 0 Å². The van der Waals surface area contributed by atoms with Crippen LogP contribution in [0, 0.1) is 0 Å². The third-order valence-electron chi connectivity index (χ3n) is 3.53. The first-order chi connectivity index (χ1) is 7.77. The lowest BCUT2D eigenvalue weighted by Crippen LogP contribution is -2.17. The van der Waals surface area contributed by atoms with E-state index in [0.29, 0.717) is 6.04 Å². The molecule has 3 heteroatoms. The zero-order valence-corrected chi connectivity index (χ0v) is 11.0. The van der Waals surface area contributed by atoms with Gasteiger partial charge in [0.2, 0.25) is 0 Å². The maximum atomic E-state index is 9.94. The molecule has 1 aliphatic rings. The molecular weight excluding hydrogens is 218 g/mol. The molecule has 2 rings (SSSR count). The summed E-state index contributed by atoms with van der Waals surface area (Å²) in [4.78, 5) is 0. The summed E-state index contributed by atoms with van der Waals surface area (Å²) in [6, 6.07) is 2.70. The first-order valence-corrected chi connectivity index (χ1v) is 7.54. The minimum absolute atomic E-state index is 0.225. The molecule has 2 atom stereocenters. The summed E-state index contributed by atoms with van der Waals surface area (Å²) in [6.07, 6.45) is 8.45. The van der Waals surface area contributed by atoms with Gasteiger partial charge in [-0.1, -0.05) is 6.92 Å². The third kappa shape index (κ3) is 2.16. The summed E-state index contributed by atoms with van der Waals surface area (Å²) >= 11 is 1.90. The van der Waals surface area contributed by atoms with Crippen LogP contribution in [0.1, 0.15) is 49.6 Å². The molecule has 1 heterocycles. The SMILES string of the molecule is CCC(CSC)n1ccc2c1CCCC2O. The van der Waals surface area contributed by atoms with Gasteiger partial charge in [-0.15, -0.1) is 0 Å². The second-order valence-electron chi connectivity index (χ2n) is 4.55. The van der Waals surface area contributed by atoms with Crippen molar-refractivity contribution in [2.75, 3.05) is 12.0 Å². The molecule has 1 aliphatic carbocycles. The zero-order valence-electron chi connectivity index (χ0n) is 10.1. The van der Waals surface area contributed by atoms with Gasteiger partial charge in [0.15, 0.2) is 0 Å². The summed E-state index contributed by atoms with van der Waals surface area (Å²) in [7, 11) is 0. The van der Waals surface area contributed by atoms with Gasteiger partial charge < -0.3 is 9.67 Å². The Balaban J connectivity index is 2.27. The first-order valence-electron chi connectivity index (χ1n) is 6.14. The van der Waals surface area contributed by atoms with Crippen LogP contribution in [0.2, 0.25) is 0 Å². The number of fused-ring (bicyclic) bond motifs is 1. The molecule has 16 heavy (non-hydrogen) atoms. The van der Waals surface area contributed by atoms with E-state index in [1.807, 2.05) is 11.8 Å². The number of aliphatic hydroxyl groups is 1. The topological polar surface area (TPSA) is 25.2 Å². The maximum absolute atomic E-state index is 9.94. The standard InChI is InChI=1S/C13H21NOS/c1-3-10(9-16-2)14-8-7-11-12(14)5-4-6-13(11)15/h7-8,10,13,15H,3-6,9H2,1-2H3. The Morgan fingerprint density at radius 2 is 2.44 bits per heavy atom. The van der Waals surface area contributed by atoms with Crippen molar-refractivity contribution in [3.63, 3.8) is 0 Å². The van der Waals surface area contributed by atoms with Gasteiger partial charge in [0.25, 0.3) is 0 Å².